The van der Waals surface area contributed by atoms with Gasteiger partial charge in [0, 0.05) is 25.0 Å². The molecule has 1 rings (SSSR count). The number of carboxylic acids is 1. The highest BCUT2D eigenvalue weighted by atomic mass is 35.5. The van der Waals surface area contributed by atoms with Crippen LogP contribution >= 0.6 is 11.6 Å². The second-order valence-corrected chi connectivity index (χ2v) is 6.68. The van der Waals surface area contributed by atoms with Crippen molar-refractivity contribution in [2.75, 3.05) is 13.6 Å². The van der Waals surface area contributed by atoms with Crippen LogP contribution in [-0.4, -0.2) is 37.4 Å². The third-order valence-corrected chi connectivity index (χ3v) is 4.94. The van der Waals surface area contributed by atoms with Gasteiger partial charge in [-0.05, 0) is 31.0 Å². The summed E-state index contributed by atoms with van der Waals surface area (Å²) in [5, 5.41) is 8.89. The average Bonchev–Trinajstić information content (AvgIpc) is 2.31. The average molecular weight is 306 g/mol. The van der Waals surface area contributed by atoms with Gasteiger partial charge in [-0.2, -0.15) is 0 Å². The monoisotopic (exact) mass is 305 g/mol. The molecule has 0 saturated heterocycles. The molecule has 1 aromatic rings. The molecule has 0 amide bonds. The highest BCUT2D eigenvalue weighted by Gasteiger charge is 2.22. The predicted molar refractivity (Wildman–Crippen MR) is 72.9 cm³/mol. The molecule has 0 atom stereocenters. The minimum Gasteiger partial charge on any atom is -0.481 e. The molecule has 7 heteroatoms. The van der Waals surface area contributed by atoms with E-state index in [1.807, 2.05) is 0 Å². The maximum Gasteiger partial charge on any atom is 0.303 e. The van der Waals surface area contributed by atoms with Gasteiger partial charge in [0.05, 0.1) is 4.90 Å². The van der Waals surface area contributed by atoms with E-state index >= 15 is 0 Å². The van der Waals surface area contributed by atoms with Gasteiger partial charge in [0.25, 0.3) is 0 Å². The first-order valence-corrected chi connectivity index (χ1v) is 7.51. The van der Waals surface area contributed by atoms with Crippen LogP contribution in [0, 0.1) is 6.92 Å². The molecule has 0 radical (unpaired) electrons. The number of carboxylic acid groups (broad SMARTS) is 1. The normalized spacial score (nSPS) is 11.8. The molecule has 5 nitrogen and oxygen atoms in total. The van der Waals surface area contributed by atoms with Gasteiger partial charge in [-0.25, -0.2) is 12.7 Å². The summed E-state index contributed by atoms with van der Waals surface area (Å²) in [5.74, 6) is -0.940. The van der Waals surface area contributed by atoms with E-state index in [2.05, 4.69) is 0 Å². The van der Waals surface area contributed by atoms with Crippen molar-refractivity contribution >= 4 is 27.6 Å². The lowest BCUT2D eigenvalue weighted by Crippen LogP contribution is -2.28. The molecule has 0 aromatic heterocycles. The molecule has 0 saturated carbocycles. The zero-order chi connectivity index (χ0) is 14.6. The number of aryl methyl sites for hydroxylation is 1. The number of aliphatic carboxylic acids is 1. The summed E-state index contributed by atoms with van der Waals surface area (Å²) in [4.78, 5) is 10.6. The Balaban J connectivity index is 2.90. The van der Waals surface area contributed by atoms with Gasteiger partial charge in [0.15, 0.2) is 0 Å². The molecular weight excluding hydrogens is 290 g/mol. The summed E-state index contributed by atoms with van der Waals surface area (Å²) >= 11 is 5.81. The third kappa shape index (κ3) is 4.19. The van der Waals surface area contributed by atoms with Gasteiger partial charge >= 0.3 is 5.97 Å². The summed E-state index contributed by atoms with van der Waals surface area (Å²) < 4.78 is 25.7. The molecule has 1 N–H and O–H groups in total. The fourth-order valence-corrected chi connectivity index (χ4v) is 3.29. The van der Waals surface area contributed by atoms with Crippen molar-refractivity contribution in [1.29, 1.82) is 0 Å². The highest BCUT2D eigenvalue weighted by Crippen LogP contribution is 2.23. The van der Waals surface area contributed by atoms with E-state index in [9.17, 15) is 13.2 Å². The Morgan fingerprint density at radius 3 is 2.63 bits per heavy atom. The van der Waals surface area contributed by atoms with Crippen molar-refractivity contribution < 1.29 is 18.3 Å². The number of hydrogen-bond donors (Lipinski definition) is 1. The van der Waals surface area contributed by atoms with Gasteiger partial charge in [0.1, 0.15) is 0 Å². The second-order valence-electron chi connectivity index (χ2n) is 4.23. The van der Waals surface area contributed by atoms with Gasteiger partial charge in [0.2, 0.25) is 10.0 Å². The molecule has 0 bridgehead atoms. The fourth-order valence-electron chi connectivity index (χ4n) is 1.59. The Labute approximate surface area is 117 Å². The largest absolute Gasteiger partial charge is 0.481 e. The topological polar surface area (TPSA) is 74.7 Å². The van der Waals surface area contributed by atoms with Crippen LogP contribution in [0.2, 0.25) is 5.02 Å². The van der Waals surface area contributed by atoms with Gasteiger partial charge in [-0.3, -0.25) is 4.79 Å². The smallest absolute Gasteiger partial charge is 0.303 e. The Kier molecular flexibility index (Phi) is 5.34. The van der Waals surface area contributed by atoms with E-state index in [4.69, 9.17) is 16.7 Å². The van der Waals surface area contributed by atoms with E-state index in [0.717, 1.165) is 4.31 Å². The maximum absolute atomic E-state index is 12.3. The number of halogens is 1. The number of nitrogens with zero attached hydrogens (tertiary/aromatic N) is 1. The van der Waals surface area contributed by atoms with Gasteiger partial charge in [-0.15, -0.1) is 0 Å². The first kappa shape index (κ1) is 15.9. The van der Waals surface area contributed by atoms with Crippen LogP contribution < -0.4 is 0 Å². The van der Waals surface area contributed by atoms with Crippen molar-refractivity contribution in [3.05, 3.63) is 28.8 Å². The minimum absolute atomic E-state index is 0.0611. The van der Waals surface area contributed by atoms with Crippen LogP contribution in [-0.2, 0) is 14.8 Å². The van der Waals surface area contributed by atoms with Crippen LogP contribution in [0.1, 0.15) is 18.4 Å². The Morgan fingerprint density at radius 2 is 2.05 bits per heavy atom. The second kappa shape index (κ2) is 6.36. The van der Waals surface area contributed by atoms with Crippen LogP contribution in [0.25, 0.3) is 0 Å². The predicted octanol–water partition coefficient (Wildman–Crippen LogP) is 2.13. The molecule has 0 aliphatic heterocycles. The fraction of sp³-hybridized carbons (Fsp3) is 0.417. The quantitative estimate of drug-likeness (QED) is 0.873. The Morgan fingerprint density at radius 1 is 1.42 bits per heavy atom. The first-order chi connectivity index (χ1) is 8.75. The minimum atomic E-state index is -3.63. The SMILES string of the molecule is Cc1ccc(Cl)cc1S(=O)(=O)N(C)CCCC(=O)O. The Bertz CT molecular complexity index is 571. The highest BCUT2D eigenvalue weighted by molar-refractivity contribution is 7.89. The summed E-state index contributed by atoms with van der Waals surface area (Å²) in [6.07, 6.45) is 0.207. The molecule has 0 fully saturated rings. The summed E-state index contributed by atoms with van der Waals surface area (Å²) in [6.45, 7) is 1.84. The molecule has 0 aliphatic rings. The van der Waals surface area contributed by atoms with E-state index in [0.29, 0.717) is 10.6 Å². The van der Waals surface area contributed by atoms with Crippen molar-refractivity contribution in [3.63, 3.8) is 0 Å². The molecule has 106 valence electrons. The molecule has 0 unspecified atom stereocenters. The number of hydrogen-bond acceptors (Lipinski definition) is 3. The molecule has 0 heterocycles. The van der Waals surface area contributed by atoms with E-state index < -0.39 is 16.0 Å². The Hall–Kier alpha value is -1.11. The lowest BCUT2D eigenvalue weighted by Gasteiger charge is -2.18. The molecule has 19 heavy (non-hydrogen) atoms. The zero-order valence-corrected chi connectivity index (χ0v) is 12.3. The van der Waals surface area contributed by atoms with Crippen molar-refractivity contribution in [3.8, 4) is 0 Å². The van der Waals surface area contributed by atoms with Crippen LogP contribution in [0.5, 0.6) is 0 Å². The van der Waals surface area contributed by atoms with Gasteiger partial charge < -0.3 is 5.11 Å². The first-order valence-electron chi connectivity index (χ1n) is 5.69. The molecular formula is C12H16ClNO4S. The number of carbonyl (C=O) groups is 1. The van der Waals surface area contributed by atoms with E-state index in [-0.39, 0.29) is 24.3 Å². The van der Waals surface area contributed by atoms with Crippen molar-refractivity contribution in [2.24, 2.45) is 0 Å². The van der Waals surface area contributed by atoms with Crippen LogP contribution in [0.4, 0.5) is 0 Å². The van der Waals surface area contributed by atoms with E-state index in [1.165, 1.54) is 13.1 Å². The standard InChI is InChI=1S/C12H16ClNO4S/c1-9-5-6-10(13)8-11(9)19(17,18)14(2)7-3-4-12(15)16/h5-6,8H,3-4,7H2,1-2H3,(H,15,16). The number of rotatable bonds is 6. The van der Waals surface area contributed by atoms with Crippen molar-refractivity contribution in [2.45, 2.75) is 24.7 Å². The molecule has 1 aromatic carbocycles. The van der Waals surface area contributed by atoms with Crippen LogP contribution in [0.15, 0.2) is 23.1 Å². The van der Waals surface area contributed by atoms with E-state index in [1.54, 1.807) is 19.1 Å². The summed E-state index contributed by atoms with van der Waals surface area (Å²) in [6, 6.07) is 4.67. The summed E-state index contributed by atoms with van der Waals surface area (Å²) in [7, 11) is -2.21. The van der Waals surface area contributed by atoms with Crippen molar-refractivity contribution in [1.82, 2.24) is 4.31 Å². The van der Waals surface area contributed by atoms with Gasteiger partial charge in [-0.1, -0.05) is 17.7 Å². The van der Waals surface area contributed by atoms with Crippen LogP contribution in [0.3, 0.4) is 0 Å². The molecule has 0 spiro atoms. The summed E-state index contributed by atoms with van der Waals surface area (Å²) in [5.41, 5.74) is 0.606. The third-order valence-electron chi connectivity index (χ3n) is 2.70. The zero-order valence-electron chi connectivity index (χ0n) is 10.8. The lowest BCUT2D eigenvalue weighted by molar-refractivity contribution is -0.137. The molecule has 0 aliphatic carbocycles. The number of benzene rings is 1. The lowest BCUT2D eigenvalue weighted by atomic mass is 10.2. The number of sulfonamides is 1. The maximum atomic E-state index is 12.3.